The third-order valence-corrected chi connectivity index (χ3v) is 4.69. The van der Waals surface area contributed by atoms with E-state index >= 15 is 0 Å². The number of carbonyl (C=O) groups is 2. The van der Waals surface area contributed by atoms with Gasteiger partial charge in [-0.1, -0.05) is 30.3 Å². The number of carbonyl (C=O) groups excluding carboxylic acids is 2. The topological polar surface area (TPSA) is 84.7 Å². The third-order valence-electron chi connectivity index (χ3n) is 4.69. The quantitative estimate of drug-likeness (QED) is 0.823. The Labute approximate surface area is 159 Å². The predicted octanol–water partition coefficient (Wildman–Crippen LogP) is 2.93. The lowest BCUT2D eigenvalue weighted by molar-refractivity contribution is -0.126. The molecule has 1 unspecified atom stereocenters. The second-order valence-corrected chi connectivity index (χ2v) is 6.73. The zero-order valence-electron chi connectivity index (χ0n) is 15.3. The highest BCUT2D eigenvalue weighted by atomic mass is 16.5. The Morgan fingerprint density at radius 1 is 1.11 bits per heavy atom. The van der Waals surface area contributed by atoms with Crippen LogP contribution in [0, 0.1) is 5.92 Å². The lowest BCUT2D eigenvalue weighted by Gasteiger charge is -2.30. The summed E-state index contributed by atoms with van der Waals surface area (Å²) in [6, 6.07) is 17.0. The summed E-state index contributed by atoms with van der Waals surface area (Å²) < 4.78 is 5.84. The minimum Gasteiger partial charge on any atom is -0.457 e. The van der Waals surface area contributed by atoms with Crippen molar-refractivity contribution in [2.75, 3.05) is 19.6 Å². The Balaban J connectivity index is 1.48. The van der Waals surface area contributed by atoms with Crippen LogP contribution < -0.4 is 15.8 Å². The zero-order valence-corrected chi connectivity index (χ0v) is 15.3. The van der Waals surface area contributed by atoms with Crippen molar-refractivity contribution in [2.45, 2.75) is 19.3 Å². The summed E-state index contributed by atoms with van der Waals surface area (Å²) in [5, 5.41) is 2.97. The van der Waals surface area contributed by atoms with Crippen LogP contribution in [0.3, 0.4) is 0 Å². The number of urea groups is 1. The summed E-state index contributed by atoms with van der Waals surface area (Å²) in [5.41, 5.74) is 6.41. The van der Waals surface area contributed by atoms with Crippen LogP contribution in [0.15, 0.2) is 54.6 Å². The molecular formula is C21H25N3O3. The molecule has 2 aromatic carbocycles. The molecule has 1 atom stereocenters. The highest BCUT2D eigenvalue weighted by molar-refractivity contribution is 5.80. The smallest absolute Gasteiger partial charge is 0.314 e. The molecule has 1 fully saturated rings. The molecule has 0 radical (unpaired) electrons. The fourth-order valence-electron chi connectivity index (χ4n) is 3.25. The van der Waals surface area contributed by atoms with Crippen LogP contribution in [0.25, 0.3) is 0 Å². The summed E-state index contributed by atoms with van der Waals surface area (Å²) in [7, 11) is 0. The van der Waals surface area contributed by atoms with Gasteiger partial charge in [0.2, 0.25) is 5.91 Å². The fourth-order valence-corrected chi connectivity index (χ4v) is 3.25. The molecule has 0 saturated carbocycles. The molecule has 27 heavy (non-hydrogen) atoms. The maximum absolute atomic E-state index is 12.3. The van der Waals surface area contributed by atoms with Crippen molar-refractivity contribution in [1.82, 2.24) is 10.2 Å². The van der Waals surface area contributed by atoms with Gasteiger partial charge in [0, 0.05) is 19.6 Å². The van der Waals surface area contributed by atoms with E-state index in [1.807, 2.05) is 54.6 Å². The molecule has 0 spiro atoms. The second-order valence-electron chi connectivity index (χ2n) is 6.73. The summed E-state index contributed by atoms with van der Waals surface area (Å²) >= 11 is 0. The van der Waals surface area contributed by atoms with Gasteiger partial charge >= 0.3 is 6.03 Å². The van der Waals surface area contributed by atoms with Crippen molar-refractivity contribution >= 4 is 11.9 Å². The molecule has 0 aromatic heterocycles. The number of nitrogens with zero attached hydrogens (tertiary/aromatic N) is 1. The average molecular weight is 367 g/mol. The van der Waals surface area contributed by atoms with E-state index in [0.29, 0.717) is 26.1 Å². The van der Waals surface area contributed by atoms with Gasteiger partial charge in [-0.2, -0.15) is 0 Å². The van der Waals surface area contributed by atoms with Crippen molar-refractivity contribution in [2.24, 2.45) is 11.7 Å². The largest absolute Gasteiger partial charge is 0.457 e. The van der Waals surface area contributed by atoms with Crippen molar-refractivity contribution in [3.05, 3.63) is 60.2 Å². The van der Waals surface area contributed by atoms with Crippen LogP contribution in [0.5, 0.6) is 11.5 Å². The number of nitrogens with one attached hydrogen (secondary N) is 1. The molecule has 6 heteroatoms. The van der Waals surface area contributed by atoms with Gasteiger partial charge in [-0.15, -0.1) is 0 Å². The van der Waals surface area contributed by atoms with Gasteiger partial charge in [-0.05, 0) is 49.1 Å². The molecule has 1 aliphatic heterocycles. The summed E-state index contributed by atoms with van der Waals surface area (Å²) in [5.74, 6) is 1.37. The van der Waals surface area contributed by atoms with Crippen LogP contribution in [-0.4, -0.2) is 36.5 Å². The number of nitrogens with two attached hydrogens (primary N) is 1. The van der Waals surface area contributed by atoms with E-state index in [2.05, 4.69) is 5.32 Å². The number of likely N-dealkylation sites (tertiary alicyclic amines) is 1. The standard InChI is InChI=1S/C21H25N3O3/c22-21(26)24-13-5-7-17(15-24)20(25)23-12-11-16-6-4-10-19(14-16)27-18-8-2-1-3-9-18/h1-4,6,8-10,14,17H,5,7,11-13,15H2,(H2,22,26)(H,23,25). The maximum atomic E-state index is 12.3. The Hall–Kier alpha value is -3.02. The molecular weight excluding hydrogens is 342 g/mol. The number of benzene rings is 2. The van der Waals surface area contributed by atoms with Gasteiger partial charge in [0.05, 0.1) is 5.92 Å². The Morgan fingerprint density at radius 3 is 2.67 bits per heavy atom. The van der Waals surface area contributed by atoms with E-state index in [-0.39, 0.29) is 11.8 Å². The molecule has 6 nitrogen and oxygen atoms in total. The molecule has 3 rings (SSSR count). The number of para-hydroxylation sites is 1. The summed E-state index contributed by atoms with van der Waals surface area (Å²) in [6.07, 6.45) is 2.31. The molecule has 3 N–H and O–H groups in total. The van der Waals surface area contributed by atoms with Crippen LogP contribution in [0.1, 0.15) is 18.4 Å². The lowest BCUT2D eigenvalue weighted by atomic mass is 9.97. The predicted molar refractivity (Wildman–Crippen MR) is 104 cm³/mol. The van der Waals surface area contributed by atoms with E-state index in [1.165, 1.54) is 4.90 Å². The van der Waals surface area contributed by atoms with Gasteiger partial charge in [-0.3, -0.25) is 4.79 Å². The highest BCUT2D eigenvalue weighted by Gasteiger charge is 2.27. The zero-order chi connectivity index (χ0) is 19.1. The van der Waals surface area contributed by atoms with Gasteiger partial charge in [0.25, 0.3) is 0 Å². The van der Waals surface area contributed by atoms with E-state index < -0.39 is 6.03 Å². The van der Waals surface area contributed by atoms with Crippen molar-refractivity contribution in [1.29, 1.82) is 0 Å². The first kappa shape index (κ1) is 18.8. The lowest BCUT2D eigenvalue weighted by Crippen LogP contribution is -2.47. The molecule has 0 bridgehead atoms. The molecule has 1 aliphatic rings. The number of piperidine rings is 1. The third kappa shape index (κ3) is 5.48. The van der Waals surface area contributed by atoms with Gasteiger partial charge in [0.15, 0.2) is 0 Å². The first-order valence-electron chi connectivity index (χ1n) is 9.26. The number of amides is 3. The van der Waals surface area contributed by atoms with Crippen molar-refractivity contribution in [3.8, 4) is 11.5 Å². The monoisotopic (exact) mass is 367 g/mol. The second kappa shape index (κ2) is 9.07. The Bertz CT molecular complexity index is 779. The molecule has 2 aromatic rings. The van der Waals surface area contributed by atoms with E-state index in [4.69, 9.17) is 10.5 Å². The Morgan fingerprint density at radius 2 is 1.89 bits per heavy atom. The SMILES string of the molecule is NC(=O)N1CCCC(C(=O)NCCc2cccc(Oc3ccccc3)c2)C1. The summed E-state index contributed by atoms with van der Waals surface area (Å²) in [6.45, 7) is 1.58. The molecule has 1 saturated heterocycles. The average Bonchev–Trinajstić information content (AvgIpc) is 2.69. The normalized spacial score (nSPS) is 16.6. The number of primary amides is 1. The Kier molecular flexibility index (Phi) is 6.30. The maximum Gasteiger partial charge on any atom is 0.314 e. The van der Waals surface area contributed by atoms with Gasteiger partial charge < -0.3 is 20.7 Å². The minimum absolute atomic E-state index is 0.0161. The summed E-state index contributed by atoms with van der Waals surface area (Å²) in [4.78, 5) is 25.2. The molecule has 3 amide bonds. The van der Waals surface area contributed by atoms with E-state index in [0.717, 1.165) is 29.9 Å². The molecule has 142 valence electrons. The fraction of sp³-hybridized carbons (Fsp3) is 0.333. The number of ether oxygens (including phenoxy) is 1. The first-order chi connectivity index (χ1) is 13.1. The number of hydrogen-bond donors (Lipinski definition) is 2. The number of hydrogen-bond acceptors (Lipinski definition) is 3. The van der Waals surface area contributed by atoms with Crippen molar-refractivity contribution < 1.29 is 14.3 Å². The molecule has 1 heterocycles. The minimum atomic E-state index is -0.456. The number of rotatable bonds is 6. The van der Waals surface area contributed by atoms with Crippen LogP contribution in [0.4, 0.5) is 4.79 Å². The van der Waals surface area contributed by atoms with Gasteiger partial charge in [0.1, 0.15) is 11.5 Å². The first-order valence-corrected chi connectivity index (χ1v) is 9.26. The highest BCUT2D eigenvalue weighted by Crippen LogP contribution is 2.22. The van der Waals surface area contributed by atoms with Crippen LogP contribution in [-0.2, 0) is 11.2 Å². The van der Waals surface area contributed by atoms with Gasteiger partial charge in [-0.25, -0.2) is 4.79 Å². The van der Waals surface area contributed by atoms with Crippen LogP contribution in [0.2, 0.25) is 0 Å². The van der Waals surface area contributed by atoms with Crippen molar-refractivity contribution in [3.63, 3.8) is 0 Å². The van der Waals surface area contributed by atoms with E-state index in [1.54, 1.807) is 0 Å². The molecule has 0 aliphatic carbocycles. The van der Waals surface area contributed by atoms with E-state index in [9.17, 15) is 9.59 Å². The van der Waals surface area contributed by atoms with Crippen LogP contribution >= 0.6 is 0 Å².